The molecule has 0 amide bonds. The van der Waals surface area contributed by atoms with E-state index in [2.05, 4.69) is 10.2 Å². The molecule has 6 nitrogen and oxygen atoms in total. The number of rotatable bonds is 5. The number of carbonyl (C=O) groups is 1. The summed E-state index contributed by atoms with van der Waals surface area (Å²) in [6, 6.07) is 1.62. The van der Waals surface area contributed by atoms with Crippen LogP contribution in [0.4, 0.5) is 0 Å². The number of aryl methyl sites for hydroxylation is 1. The molecule has 90 valence electrons. The lowest BCUT2D eigenvalue weighted by molar-refractivity contribution is -0.137. The van der Waals surface area contributed by atoms with E-state index in [0.29, 0.717) is 24.3 Å². The van der Waals surface area contributed by atoms with Crippen LogP contribution in [0.2, 0.25) is 5.22 Å². The Morgan fingerprint density at radius 2 is 2.29 bits per heavy atom. The van der Waals surface area contributed by atoms with E-state index in [-0.39, 0.29) is 17.5 Å². The average Bonchev–Trinajstić information content (AvgIpc) is 2.86. The molecule has 2 heterocycles. The number of nitrogens with zero attached hydrogens (tertiary/aromatic N) is 2. The summed E-state index contributed by atoms with van der Waals surface area (Å²) < 4.78 is 10.2. The van der Waals surface area contributed by atoms with E-state index in [1.165, 1.54) is 6.26 Å². The Morgan fingerprint density at radius 1 is 1.47 bits per heavy atom. The van der Waals surface area contributed by atoms with Gasteiger partial charge in [-0.1, -0.05) is 0 Å². The second-order valence-electron chi connectivity index (χ2n) is 3.36. The summed E-state index contributed by atoms with van der Waals surface area (Å²) in [5.74, 6) is -0.185. The minimum absolute atomic E-state index is 0.0736. The van der Waals surface area contributed by atoms with E-state index >= 15 is 0 Å². The highest BCUT2D eigenvalue weighted by Crippen LogP contribution is 2.27. The second kappa shape index (κ2) is 5.01. The van der Waals surface area contributed by atoms with Crippen LogP contribution in [-0.2, 0) is 11.2 Å². The van der Waals surface area contributed by atoms with Gasteiger partial charge in [0.15, 0.2) is 0 Å². The number of furan rings is 1. The molecule has 0 spiro atoms. The van der Waals surface area contributed by atoms with Gasteiger partial charge >= 0.3 is 5.97 Å². The van der Waals surface area contributed by atoms with Crippen molar-refractivity contribution in [1.82, 2.24) is 10.2 Å². The van der Waals surface area contributed by atoms with Crippen LogP contribution in [0, 0.1) is 0 Å². The number of carboxylic acid groups (broad SMARTS) is 1. The van der Waals surface area contributed by atoms with Crippen molar-refractivity contribution in [3.63, 3.8) is 0 Å². The SMILES string of the molecule is O=C(O)CCCc1nnc(-c2ccoc2Cl)o1. The lowest BCUT2D eigenvalue weighted by Gasteiger charge is -1.91. The molecule has 0 unspecified atom stereocenters. The van der Waals surface area contributed by atoms with E-state index in [1.54, 1.807) is 6.07 Å². The van der Waals surface area contributed by atoms with Crippen LogP contribution < -0.4 is 0 Å². The Labute approximate surface area is 101 Å². The molecule has 0 aliphatic rings. The van der Waals surface area contributed by atoms with Crippen LogP contribution in [0.1, 0.15) is 18.7 Å². The molecule has 0 bridgehead atoms. The molecular formula is C10H9ClN2O4. The third kappa shape index (κ3) is 2.85. The van der Waals surface area contributed by atoms with E-state index in [9.17, 15) is 4.79 Å². The van der Waals surface area contributed by atoms with Gasteiger partial charge in [0.05, 0.1) is 11.8 Å². The number of carboxylic acids is 1. The number of aliphatic carboxylic acids is 1. The molecule has 0 saturated carbocycles. The Hall–Kier alpha value is -1.82. The van der Waals surface area contributed by atoms with Gasteiger partial charge in [-0.2, -0.15) is 0 Å². The van der Waals surface area contributed by atoms with Crippen molar-refractivity contribution in [1.29, 1.82) is 0 Å². The zero-order chi connectivity index (χ0) is 12.3. The smallest absolute Gasteiger partial charge is 0.303 e. The summed E-state index contributed by atoms with van der Waals surface area (Å²) in [5, 5.41) is 16.3. The summed E-state index contributed by atoms with van der Waals surface area (Å²) in [5.41, 5.74) is 0.531. The van der Waals surface area contributed by atoms with Crippen molar-refractivity contribution in [3.05, 3.63) is 23.4 Å². The standard InChI is InChI=1S/C10H9ClN2O4/c11-9-6(4-5-16-9)10-13-12-7(17-10)2-1-3-8(14)15/h4-5H,1-3H2,(H,14,15). The monoisotopic (exact) mass is 256 g/mol. The minimum Gasteiger partial charge on any atom is -0.481 e. The Balaban J connectivity index is 2.01. The van der Waals surface area contributed by atoms with E-state index in [4.69, 9.17) is 25.5 Å². The first-order valence-electron chi connectivity index (χ1n) is 4.94. The third-order valence-electron chi connectivity index (χ3n) is 2.10. The fourth-order valence-electron chi connectivity index (χ4n) is 1.30. The molecule has 2 aromatic heterocycles. The molecule has 1 N–H and O–H groups in total. The Morgan fingerprint density at radius 3 is 2.94 bits per heavy atom. The maximum atomic E-state index is 10.3. The first-order valence-corrected chi connectivity index (χ1v) is 5.32. The maximum Gasteiger partial charge on any atom is 0.303 e. The molecule has 0 radical (unpaired) electrons. The van der Waals surface area contributed by atoms with E-state index < -0.39 is 5.97 Å². The topological polar surface area (TPSA) is 89.4 Å². The van der Waals surface area contributed by atoms with Crippen LogP contribution in [0.5, 0.6) is 0 Å². The van der Waals surface area contributed by atoms with Gasteiger partial charge in [-0.3, -0.25) is 4.79 Å². The van der Waals surface area contributed by atoms with Gasteiger partial charge in [-0.15, -0.1) is 10.2 Å². The highest BCUT2D eigenvalue weighted by molar-refractivity contribution is 6.31. The maximum absolute atomic E-state index is 10.3. The zero-order valence-corrected chi connectivity index (χ0v) is 9.48. The predicted molar refractivity (Wildman–Crippen MR) is 57.6 cm³/mol. The molecule has 0 saturated heterocycles. The highest BCUT2D eigenvalue weighted by Gasteiger charge is 2.14. The number of aromatic nitrogens is 2. The molecule has 2 rings (SSSR count). The second-order valence-corrected chi connectivity index (χ2v) is 3.70. The largest absolute Gasteiger partial charge is 0.481 e. The Kier molecular flexibility index (Phi) is 3.43. The number of hydrogen-bond donors (Lipinski definition) is 1. The molecule has 7 heteroatoms. The van der Waals surface area contributed by atoms with Gasteiger partial charge in [0, 0.05) is 12.8 Å². The summed E-state index contributed by atoms with van der Waals surface area (Å²) in [6.45, 7) is 0. The van der Waals surface area contributed by atoms with Crippen molar-refractivity contribution in [2.24, 2.45) is 0 Å². The lowest BCUT2D eigenvalue weighted by Crippen LogP contribution is -1.95. The van der Waals surface area contributed by atoms with Crippen LogP contribution in [0.15, 0.2) is 21.2 Å². The summed E-state index contributed by atoms with van der Waals surface area (Å²) in [7, 11) is 0. The molecule has 0 aliphatic heterocycles. The quantitative estimate of drug-likeness (QED) is 0.883. The molecule has 2 aromatic rings. The lowest BCUT2D eigenvalue weighted by atomic mass is 10.2. The molecule has 0 atom stereocenters. The molecule has 0 fully saturated rings. The molecule has 0 aromatic carbocycles. The Bertz CT molecular complexity index is 520. The van der Waals surface area contributed by atoms with Crippen molar-refractivity contribution in [3.8, 4) is 11.5 Å². The van der Waals surface area contributed by atoms with Crippen LogP contribution >= 0.6 is 11.6 Å². The van der Waals surface area contributed by atoms with Crippen LogP contribution in [0.3, 0.4) is 0 Å². The molecule has 17 heavy (non-hydrogen) atoms. The summed E-state index contributed by atoms with van der Waals surface area (Å²) >= 11 is 5.76. The zero-order valence-electron chi connectivity index (χ0n) is 8.72. The van der Waals surface area contributed by atoms with E-state index in [1.807, 2.05) is 0 Å². The van der Waals surface area contributed by atoms with Crippen molar-refractivity contribution in [2.75, 3.05) is 0 Å². The predicted octanol–water partition coefficient (Wildman–Crippen LogP) is 2.39. The van der Waals surface area contributed by atoms with Gasteiger partial charge in [-0.25, -0.2) is 0 Å². The van der Waals surface area contributed by atoms with Gasteiger partial charge in [0.25, 0.3) is 5.89 Å². The normalized spacial score (nSPS) is 10.6. The van der Waals surface area contributed by atoms with E-state index in [0.717, 1.165) is 0 Å². The molecule has 0 aliphatic carbocycles. The first kappa shape index (κ1) is 11.7. The fourth-order valence-corrected chi connectivity index (χ4v) is 1.50. The van der Waals surface area contributed by atoms with Crippen LogP contribution in [0.25, 0.3) is 11.5 Å². The minimum atomic E-state index is -0.845. The van der Waals surface area contributed by atoms with Crippen molar-refractivity contribution < 1.29 is 18.7 Å². The van der Waals surface area contributed by atoms with Crippen molar-refractivity contribution in [2.45, 2.75) is 19.3 Å². The van der Waals surface area contributed by atoms with Gasteiger partial charge < -0.3 is 13.9 Å². The average molecular weight is 257 g/mol. The van der Waals surface area contributed by atoms with Crippen molar-refractivity contribution >= 4 is 17.6 Å². The van der Waals surface area contributed by atoms with Crippen LogP contribution in [-0.4, -0.2) is 21.3 Å². The van der Waals surface area contributed by atoms with Gasteiger partial charge in [0.2, 0.25) is 11.1 Å². The summed E-state index contributed by atoms with van der Waals surface area (Å²) in [6.07, 6.45) is 2.38. The first-order chi connectivity index (χ1) is 8.16. The van der Waals surface area contributed by atoms with Gasteiger partial charge in [-0.05, 0) is 24.1 Å². The highest BCUT2D eigenvalue weighted by atomic mass is 35.5. The fraction of sp³-hybridized carbons (Fsp3) is 0.300. The number of hydrogen-bond acceptors (Lipinski definition) is 5. The van der Waals surface area contributed by atoms with Gasteiger partial charge in [0.1, 0.15) is 0 Å². The third-order valence-corrected chi connectivity index (χ3v) is 2.39. The molecular weight excluding hydrogens is 248 g/mol. The summed E-state index contributed by atoms with van der Waals surface area (Å²) in [4.78, 5) is 10.3. The number of halogens is 1.